The van der Waals surface area contributed by atoms with Gasteiger partial charge >= 0.3 is 0 Å². The van der Waals surface area contributed by atoms with Crippen LogP contribution in [0.4, 0.5) is 5.82 Å². The SMILES string of the molecule is CN=C(NCCC(=O)Nc1cccc(C)n1)NCCC(C)C. The normalized spacial score (nSPS) is 11.4. The van der Waals surface area contributed by atoms with E-state index in [0.717, 1.165) is 24.6 Å². The second-order valence-corrected chi connectivity index (χ2v) is 5.57. The van der Waals surface area contributed by atoms with Crippen LogP contribution < -0.4 is 16.0 Å². The molecule has 0 aliphatic carbocycles. The van der Waals surface area contributed by atoms with E-state index in [1.54, 1.807) is 13.1 Å². The Kier molecular flexibility index (Phi) is 7.96. The zero-order valence-corrected chi connectivity index (χ0v) is 13.9. The zero-order valence-electron chi connectivity index (χ0n) is 13.9. The van der Waals surface area contributed by atoms with Crippen molar-refractivity contribution in [2.45, 2.75) is 33.6 Å². The highest BCUT2D eigenvalue weighted by molar-refractivity contribution is 5.90. The Balaban J connectivity index is 2.26. The van der Waals surface area contributed by atoms with Gasteiger partial charge in [0.2, 0.25) is 5.91 Å². The van der Waals surface area contributed by atoms with Gasteiger partial charge in [0.05, 0.1) is 0 Å². The Morgan fingerprint density at radius 2 is 2.00 bits per heavy atom. The molecule has 6 nitrogen and oxygen atoms in total. The number of nitrogens with zero attached hydrogens (tertiary/aromatic N) is 2. The number of rotatable bonds is 7. The summed E-state index contributed by atoms with van der Waals surface area (Å²) in [6, 6.07) is 5.55. The maximum Gasteiger partial charge on any atom is 0.227 e. The molecule has 0 aromatic carbocycles. The smallest absolute Gasteiger partial charge is 0.227 e. The minimum atomic E-state index is -0.0665. The Bertz CT molecular complexity index is 499. The average molecular weight is 305 g/mol. The average Bonchev–Trinajstić information content (AvgIpc) is 2.45. The molecule has 122 valence electrons. The second kappa shape index (κ2) is 9.76. The van der Waals surface area contributed by atoms with Crippen molar-refractivity contribution in [3.8, 4) is 0 Å². The minimum absolute atomic E-state index is 0.0665. The van der Waals surface area contributed by atoms with Crippen LogP contribution in [-0.2, 0) is 4.79 Å². The number of aliphatic imine (C=N–C) groups is 1. The molecule has 0 aliphatic rings. The number of amides is 1. The molecule has 0 aliphatic heterocycles. The van der Waals surface area contributed by atoms with Crippen molar-refractivity contribution < 1.29 is 4.79 Å². The van der Waals surface area contributed by atoms with E-state index >= 15 is 0 Å². The summed E-state index contributed by atoms with van der Waals surface area (Å²) < 4.78 is 0. The molecule has 1 aromatic rings. The molecule has 0 saturated heterocycles. The standard InChI is InChI=1S/C16H27N5O/c1-12(2)8-10-18-16(17-4)19-11-9-15(22)21-14-7-5-6-13(3)20-14/h5-7,12H,8-11H2,1-4H3,(H2,17,18,19)(H,20,21,22). The Morgan fingerprint density at radius 1 is 1.27 bits per heavy atom. The summed E-state index contributed by atoms with van der Waals surface area (Å²) in [5.74, 6) is 1.90. The molecular formula is C16H27N5O. The van der Waals surface area contributed by atoms with E-state index in [1.807, 2.05) is 19.1 Å². The summed E-state index contributed by atoms with van der Waals surface area (Å²) in [6.07, 6.45) is 1.45. The van der Waals surface area contributed by atoms with Crippen molar-refractivity contribution in [3.05, 3.63) is 23.9 Å². The van der Waals surface area contributed by atoms with Crippen LogP contribution in [-0.4, -0.2) is 37.0 Å². The van der Waals surface area contributed by atoms with Crippen LogP contribution >= 0.6 is 0 Å². The third kappa shape index (κ3) is 7.61. The van der Waals surface area contributed by atoms with E-state index in [4.69, 9.17) is 0 Å². The van der Waals surface area contributed by atoms with Crippen molar-refractivity contribution in [1.29, 1.82) is 0 Å². The number of carbonyl (C=O) groups excluding carboxylic acids is 1. The van der Waals surface area contributed by atoms with Gasteiger partial charge in [0, 0.05) is 32.3 Å². The lowest BCUT2D eigenvalue weighted by Crippen LogP contribution is -2.39. The largest absolute Gasteiger partial charge is 0.356 e. The number of nitrogens with one attached hydrogen (secondary N) is 3. The monoisotopic (exact) mass is 305 g/mol. The number of hydrogen-bond donors (Lipinski definition) is 3. The summed E-state index contributed by atoms with van der Waals surface area (Å²) in [5, 5.41) is 9.14. The summed E-state index contributed by atoms with van der Waals surface area (Å²) >= 11 is 0. The van der Waals surface area contributed by atoms with Crippen molar-refractivity contribution in [1.82, 2.24) is 15.6 Å². The third-order valence-electron chi connectivity index (χ3n) is 3.04. The van der Waals surface area contributed by atoms with Crippen LogP contribution in [0.1, 0.15) is 32.4 Å². The van der Waals surface area contributed by atoms with Crippen LogP contribution in [0.2, 0.25) is 0 Å². The number of guanidine groups is 1. The fourth-order valence-corrected chi connectivity index (χ4v) is 1.81. The van der Waals surface area contributed by atoms with Gasteiger partial charge in [-0.2, -0.15) is 0 Å². The molecule has 3 N–H and O–H groups in total. The van der Waals surface area contributed by atoms with Crippen molar-refractivity contribution in [2.75, 3.05) is 25.5 Å². The van der Waals surface area contributed by atoms with E-state index in [2.05, 4.69) is 39.8 Å². The van der Waals surface area contributed by atoms with Crippen LogP contribution in [0, 0.1) is 12.8 Å². The number of hydrogen-bond acceptors (Lipinski definition) is 3. The van der Waals surface area contributed by atoms with E-state index in [1.165, 1.54) is 0 Å². The Morgan fingerprint density at radius 3 is 2.64 bits per heavy atom. The van der Waals surface area contributed by atoms with Crippen molar-refractivity contribution in [2.24, 2.45) is 10.9 Å². The van der Waals surface area contributed by atoms with Crippen LogP contribution in [0.25, 0.3) is 0 Å². The number of pyridine rings is 1. The van der Waals surface area contributed by atoms with E-state index in [9.17, 15) is 4.79 Å². The van der Waals surface area contributed by atoms with Gasteiger partial charge in [-0.15, -0.1) is 0 Å². The predicted octanol–water partition coefficient (Wildman–Crippen LogP) is 1.93. The molecular weight excluding hydrogens is 278 g/mol. The highest BCUT2D eigenvalue weighted by Crippen LogP contribution is 2.03. The molecule has 0 bridgehead atoms. The number of carbonyl (C=O) groups is 1. The highest BCUT2D eigenvalue weighted by Gasteiger charge is 2.04. The van der Waals surface area contributed by atoms with Crippen LogP contribution in [0.15, 0.2) is 23.2 Å². The van der Waals surface area contributed by atoms with Gasteiger partial charge in [0.25, 0.3) is 0 Å². The first-order valence-electron chi connectivity index (χ1n) is 7.69. The first-order valence-corrected chi connectivity index (χ1v) is 7.69. The van der Waals surface area contributed by atoms with Gasteiger partial charge < -0.3 is 16.0 Å². The minimum Gasteiger partial charge on any atom is -0.356 e. The van der Waals surface area contributed by atoms with Crippen molar-refractivity contribution >= 4 is 17.7 Å². The molecule has 0 atom stereocenters. The first kappa shape index (κ1) is 17.9. The Labute approximate surface area is 132 Å². The van der Waals surface area contributed by atoms with E-state index < -0.39 is 0 Å². The quantitative estimate of drug-likeness (QED) is 0.531. The summed E-state index contributed by atoms with van der Waals surface area (Å²) in [5.41, 5.74) is 0.880. The second-order valence-electron chi connectivity index (χ2n) is 5.57. The Hall–Kier alpha value is -2.11. The molecule has 0 unspecified atom stereocenters. The lowest BCUT2D eigenvalue weighted by Gasteiger charge is -2.12. The third-order valence-corrected chi connectivity index (χ3v) is 3.04. The maximum absolute atomic E-state index is 11.8. The number of aryl methyl sites for hydroxylation is 1. The molecule has 22 heavy (non-hydrogen) atoms. The molecule has 0 saturated carbocycles. The summed E-state index contributed by atoms with van der Waals surface area (Å²) in [4.78, 5) is 20.2. The summed E-state index contributed by atoms with van der Waals surface area (Å²) in [7, 11) is 1.72. The predicted molar refractivity (Wildman–Crippen MR) is 91.0 cm³/mol. The van der Waals surface area contributed by atoms with Gasteiger partial charge in [0.15, 0.2) is 5.96 Å². The molecule has 1 amide bonds. The topological polar surface area (TPSA) is 78.4 Å². The van der Waals surface area contributed by atoms with Crippen LogP contribution in [0.5, 0.6) is 0 Å². The van der Waals surface area contributed by atoms with Gasteiger partial charge in [-0.1, -0.05) is 19.9 Å². The molecule has 1 rings (SSSR count). The number of aromatic nitrogens is 1. The first-order chi connectivity index (χ1) is 10.5. The fraction of sp³-hybridized carbons (Fsp3) is 0.562. The molecule has 0 fully saturated rings. The van der Waals surface area contributed by atoms with Crippen molar-refractivity contribution in [3.63, 3.8) is 0 Å². The highest BCUT2D eigenvalue weighted by atomic mass is 16.1. The van der Waals surface area contributed by atoms with Gasteiger partial charge in [0.1, 0.15) is 5.82 Å². The van der Waals surface area contributed by atoms with Gasteiger partial charge in [-0.3, -0.25) is 9.79 Å². The number of anilines is 1. The molecule has 6 heteroatoms. The fourth-order valence-electron chi connectivity index (χ4n) is 1.81. The molecule has 1 heterocycles. The maximum atomic E-state index is 11.8. The van der Waals surface area contributed by atoms with Crippen LogP contribution in [0.3, 0.4) is 0 Å². The molecule has 0 spiro atoms. The lowest BCUT2D eigenvalue weighted by atomic mass is 10.1. The van der Waals surface area contributed by atoms with Gasteiger partial charge in [-0.25, -0.2) is 4.98 Å². The summed E-state index contributed by atoms with van der Waals surface area (Å²) in [6.45, 7) is 7.66. The zero-order chi connectivity index (χ0) is 16.4. The molecule has 1 aromatic heterocycles. The van der Waals surface area contributed by atoms with E-state index in [-0.39, 0.29) is 5.91 Å². The molecule has 0 radical (unpaired) electrons. The lowest BCUT2D eigenvalue weighted by molar-refractivity contribution is -0.116. The van der Waals surface area contributed by atoms with E-state index in [0.29, 0.717) is 24.7 Å². The van der Waals surface area contributed by atoms with Gasteiger partial charge in [-0.05, 0) is 31.4 Å².